The smallest absolute Gasteiger partial charge is 0.132 e. The molecule has 3 heteroatoms. The maximum absolute atomic E-state index is 6.15. The minimum atomic E-state index is 0.192. The number of nitrogens with zero attached hydrogens (tertiary/aromatic N) is 2. The van der Waals surface area contributed by atoms with E-state index in [0.717, 1.165) is 24.2 Å². The lowest BCUT2D eigenvalue weighted by atomic mass is 10.0. The van der Waals surface area contributed by atoms with Crippen LogP contribution in [0.4, 0.5) is 5.82 Å². The van der Waals surface area contributed by atoms with Crippen molar-refractivity contribution in [3.63, 3.8) is 0 Å². The normalized spacial score (nSPS) is 12.9. The quantitative estimate of drug-likeness (QED) is 0.906. The van der Waals surface area contributed by atoms with Crippen molar-refractivity contribution in [1.82, 2.24) is 4.98 Å². The Labute approximate surface area is 121 Å². The van der Waals surface area contributed by atoms with E-state index in [-0.39, 0.29) is 6.04 Å². The van der Waals surface area contributed by atoms with Crippen LogP contribution in [0.3, 0.4) is 0 Å². The topological polar surface area (TPSA) is 42.1 Å². The fourth-order valence-corrected chi connectivity index (χ4v) is 2.28. The minimum absolute atomic E-state index is 0.192. The van der Waals surface area contributed by atoms with Crippen molar-refractivity contribution in [2.24, 2.45) is 5.73 Å². The highest BCUT2D eigenvalue weighted by molar-refractivity contribution is 5.81. The Bertz CT molecular complexity index is 577. The number of fused-ring (bicyclic) bond motifs is 1. The number of hydrogen-bond donors (Lipinski definition) is 1. The Morgan fingerprint density at radius 3 is 2.60 bits per heavy atom. The molecule has 0 fully saturated rings. The molecule has 3 nitrogen and oxygen atoms in total. The Balaban J connectivity index is 2.52. The zero-order chi connectivity index (χ0) is 14.7. The van der Waals surface area contributed by atoms with E-state index in [1.54, 1.807) is 0 Å². The molecule has 2 N–H and O–H groups in total. The van der Waals surface area contributed by atoms with Gasteiger partial charge in [-0.3, -0.25) is 0 Å². The molecule has 0 bridgehead atoms. The van der Waals surface area contributed by atoms with Crippen LogP contribution in [-0.2, 0) is 6.42 Å². The summed E-state index contributed by atoms with van der Waals surface area (Å²) in [5.74, 6) is 1.06. The van der Waals surface area contributed by atoms with Gasteiger partial charge >= 0.3 is 0 Å². The number of rotatable bonds is 5. The van der Waals surface area contributed by atoms with E-state index in [1.807, 2.05) is 6.07 Å². The van der Waals surface area contributed by atoms with Gasteiger partial charge in [0.25, 0.3) is 0 Å². The van der Waals surface area contributed by atoms with E-state index in [2.05, 4.69) is 57.0 Å². The van der Waals surface area contributed by atoms with Crippen LogP contribution in [0.2, 0.25) is 0 Å². The van der Waals surface area contributed by atoms with Gasteiger partial charge in [0.05, 0.1) is 5.52 Å². The van der Waals surface area contributed by atoms with Crippen molar-refractivity contribution in [2.75, 3.05) is 11.9 Å². The van der Waals surface area contributed by atoms with Gasteiger partial charge in [0.1, 0.15) is 5.82 Å². The summed E-state index contributed by atoms with van der Waals surface area (Å²) in [6, 6.07) is 11.1. The molecule has 1 heterocycles. The summed E-state index contributed by atoms with van der Waals surface area (Å²) in [6.07, 6.45) is 1.86. The summed E-state index contributed by atoms with van der Waals surface area (Å²) in [5.41, 5.74) is 8.44. The summed E-state index contributed by atoms with van der Waals surface area (Å²) in [7, 11) is 2.10. The standard InChI is InChI=1S/C17H25N3/c1-5-15(18)11-14-10-13-8-6-7-9-16(13)19-17(14)20(4)12(2)3/h6-10,12,15H,5,11,18H2,1-4H3. The largest absolute Gasteiger partial charge is 0.357 e. The molecule has 0 aliphatic rings. The number of anilines is 1. The highest BCUT2D eigenvalue weighted by Crippen LogP contribution is 2.25. The van der Waals surface area contributed by atoms with Crippen LogP contribution in [0.15, 0.2) is 30.3 Å². The first-order valence-corrected chi connectivity index (χ1v) is 7.40. The maximum atomic E-state index is 6.15. The second-order valence-corrected chi connectivity index (χ2v) is 5.74. The number of benzene rings is 1. The first kappa shape index (κ1) is 14.8. The molecule has 0 saturated heterocycles. The zero-order valence-electron chi connectivity index (χ0n) is 12.9. The van der Waals surface area contributed by atoms with Gasteiger partial charge in [0.2, 0.25) is 0 Å². The van der Waals surface area contributed by atoms with Crippen LogP contribution in [0.1, 0.15) is 32.8 Å². The summed E-state index contributed by atoms with van der Waals surface area (Å²) >= 11 is 0. The fourth-order valence-electron chi connectivity index (χ4n) is 2.28. The summed E-state index contributed by atoms with van der Waals surface area (Å²) < 4.78 is 0. The van der Waals surface area contributed by atoms with Crippen molar-refractivity contribution >= 4 is 16.7 Å². The Morgan fingerprint density at radius 1 is 1.25 bits per heavy atom. The van der Waals surface area contributed by atoms with E-state index in [0.29, 0.717) is 6.04 Å². The molecule has 2 rings (SSSR count). The van der Waals surface area contributed by atoms with E-state index in [4.69, 9.17) is 10.7 Å². The second-order valence-electron chi connectivity index (χ2n) is 5.74. The monoisotopic (exact) mass is 271 g/mol. The van der Waals surface area contributed by atoms with Crippen LogP contribution >= 0.6 is 0 Å². The van der Waals surface area contributed by atoms with Gasteiger partial charge < -0.3 is 10.6 Å². The Kier molecular flexibility index (Phi) is 4.61. The van der Waals surface area contributed by atoms with Crippen molar-refractivity contribution in [3.8, 4) is 0 Å². The van der Waals surface area contributed by atoms with Gasteiger partial charge in [-0.25, -0.2) is 4.98 Å². The molecule has 1 unspecified atom stereocenters. The average Bonchev–Trinajstić information content (AvgIpc) is 2.45. The molecule has 1 aromatic carbocycles. The summed E-state index contributed by atoms with van der Waals surface area (Å²) in [4.78, 5) is 7.08. The van der Waals surface area contributed by atoms with Gasteiger partial charge in [-0.1, -0.05) is 25.1 Å². The van der Waals surface area contributed by atoms with Crippen LogP contribution < -0.4 is 10.6 Å². The van der Waals surface area contributed by atoms with Gasteiger partial charge in [0, 0.05) is 24.5 Å². The maximum Gasteiger partial charge on any atom is 0.132 e. The molecular weight excluding hydrogens is 246 g/mol. The molecule has 0 spiro atoms. The van der Waals surface area contributed by atoms with Crippen molar-refractivity contribution in [3.05, 3.63) is 35.9 Å². The molecule has 0 aliphatic heterocycles. The van der Waals surface area contributed by atoms with Gasteiger partial charge in [-0.2, -0.15) is 0 Å². The number of aromatic nitrogens is 1. The molecule has 1 atom stereocenters. The number of pyridine rings is 1. The lowest BCUT2D eigenvalue weighted by Crippen LogP contribution is -2.29. The SMILES string of the molecule is CCC(N)Cc1cc2ccccc2nc1N(C)C(C)C. The number of para-hydroxylation sites is 1. The average molecular weight is 271 g/mol. The van der Waals surface area contributed by atoms with Gasteiger partial charge in [-0.15, -0.1) is 0 Å². The predicted molar refractivity (Wildman–Crippen MR) is 87.3 cm³/mol. The van der Waals surface area contributed by atoms with E-state index >= 15 is 0 Å². The third kappa shape index (κ3) is 3.10. The van der Waals surface area contributed by atoms with Crippen LogP contribution in [-0.4, -0.2) is 24.1 Å². The van der Waals surface area contributed by atoms with Gasteiger partial charge in [-0.05, 0) is 44.4 Å². The predicted octanol–water partition coefficient (Wildman–Crippen LogP) is 3.36. The second kappa shape index (κ2) is 6.23. The zero-order valence-corrected chi connectivity index (χ0v) is 12.9. The van der Waals surface area contributed by atoms with Crippen LogP contribution in [0.5, 0.6) is 0 Å². The Hall–Kier alpha value is -1.61. The van der Waals surface area contributed by atoms with Crippen molar-refractivity contribution in [2.45, 2.75) is 45.7 Å². The third-order valence-electron chi connectivity index (χ3n) is 3.90. The highest BCUT2D eigenvalue weighted by Gasteiger charge is 2.15. The van der Waals surface area contributed by atoms with Crippen LogP contribution in [0, 0.1) is 0 Å². The van der Waals surface area contributed by atoms with Gasteiger partial charge in [0.15, 0.2) is 0 Å². The number of nitrogens with two attached hydrogens (primary N) is 1. The molecular formula is C17H25N3. The molecule has 0 amide bonds. The number of hydrogen-bond acceptors (Lipinski definition) is 3. The third-order valence-corrected chi connectivity index (χ3v) is 3.90. The van der Waals surface area contributed by atoms with E-state index in [9.17, 15) is 0 Å². The molecule has 2 aromatic rings. The van der Waals surface area contributed by atoms with E-state index < -0.39 is 0 Å². The first-order chi connectivity index (χ1) is 9.52. The summed E-state index contributed by atoms with van der Waals surface area (Å²) in [5, 5.41) is 1.19. The molecule has 0 aliphatic carbocycles. The lowest BCUT2D eigenvalue weighted by molar-refractivity contribution is 0.641. The molecule has 20 heavy (non-hydrogen) atoms. The Morgan fingerprint density at radius 2 is 1.95 bits per heavy atom. The summed E-state index contributed by atoms with van der Waals surface area (Å²) in [6.45, 7) is 6.49. The van der Waals surface area contributed by atoms with Crippen molar-refractivity contribution < 1.29 is 0 Å². The fraction of sp³-hybridized carbons (Fsp3) is 0.471. The minimum Gasteiger partial charge on any atom is -0.357 e. The molecule has 0 saturated carbocycles. The van der Waals surface area contributed by atoms with Crippen LogP contribution in [0.25, 0.3) is 10.9 Å². The molecule has 0 radical (unpaired) electrons. The van der Waals surface area contributed by atoms with Crippen molar-refractivity contribution in [1.29, 1.82) is 0 Å². The molecule has 108 valence electrons. The lowest BCUT2D eigenvalue weighted by Gasteiger charge is -2.26. The molecule has 1 aromatic heterocycles. The highest BCUT2D eigenvalue weighted by atomic mass is 15.2. The van der Waals surface area contributed by atoms with E-state index in [1.165, 1.54) is 10.9 Å². The first-order valence-electron chi connectivity index (χ1n) is 7.40.